The molecule has 3 N–H and O–H groups in total. The van der Waals surface area contributed by atoms with Crippen molar-refractivity contribution in [3.63, 3.8) is 0 Å². The van der Waals surface area contributed by atoms with E-state index in [-0.39, 0.29) is 5.78 Å². The second kappa shape index (κ2) is 11.1. The molecule has 0 bridgehead atoms. The molecule has 6 heteroatoms. The van der Waals surface area contributed by atoms with E-state index >= 15 is 0 Å². The smallest absolute Gasteiger partial charge is 0.185 e. The van der Waals surface area contributed by atoms with Crippen LogP contribution >= 0.6 is 15.9 Å². The summed E-state index contributed by atoms with van der Waals surface area (Å²) >= 11 is 3.40. The van der Waals surface area contributed by atoms with Gasteiger partial charge in [-0.3, -0.25) is 4.79 Å². The number of carbonyl (C=O) groups is 1. The number of H-pyrrole nitrogens is 1. The number of hydrogen-bond acceptors (Lipinski definition) is 3. The first-order valence-electron chi connectivity index (χ1n) is 12.1. The van der Waals surface area contributed by atoms with E-state index in [1.54, 1.807) is 6.08 Å². The average molecular weight is 542 g/mol. The Morgan fingerprint density at radius 1 is 1.03 bits per heavy atom. The summed E-state index contributed by atoms with van der Waals surface area (Å²) in [6.07, 6.45) is 7.89. The Morgan fingerprint density at radius 2 is 1.78 bits per heavy atom. The Labute approximate surface area is 218 Å². The molecule has 5 nitrogen and oxygen atoms in total. The number of para-hydroxylation sites is 2. The lowest BCUT2D eigenvalue weighted by Crippen LogP contribution is -2.31. The number of aliphatic hydroxyl groups is 1. The predicted octanol–water partition coefficient (Wildman–Crippen LogP) is 5.97. The van der Waals surface area contributed by atoms with E-state index in [4.69, 9.17) is 0 Å². The molecule has 0 aliphatic carbocycles. The highest BCUT2D eigenvalue weighted by Crippen LogP contribution is 2.23. The van der Waals surface area contributed by atoms with Crippen molar-refractivity contribution in [3.05, 3.63) is 112 Å². The van der Waals surface area contributed by atoms with Gasteiger partial charge in [0.2, 0.25) is 0 Å². The lowest BCUT2D eigenvalue weighted by molar-refractivity contribution is 0.104. The highest BCUT2D eigenvalue weighted by molar-refractivity contribution is 9.10. The lowest BCUT2D eigenvalue weighted by Gasteiger charge is -2.13. The number of fused-ring (bicyclic) bond motifs is 2. The molecule has 0 aliphatic heterocycles. The summed E-state index contributed by atoms with van der Waals surface area (Å²) in [6, 6.07) is 23.7. The first-order chi connectivity index (χ1) is 17.6. The Morgan fingerprint density at radius 3 is 2.61 bits per heavy atom. The lowest BCUT2D eigenvalue weighted by atomic mass is 10.1. The summed E-state index contributed by atoms with van der Waals surface area (Å²) in [5.74, 6) is -0.0428. The summed E-state index contributed by atoms with van der Waals surface area (Å²) in [5.41, 5.74) is 5.06. The molecule has 182 valence electrons. The summed E-state index contributed by atoms with van der Waals surface area (Å²) in [5, 5.41) is 16.4. The molecular formula is C30H28BrN3O2. The third-order valence-corrected chi connectivity index (χ3v) is 6.92. The highest BCUT2D eigenvalue weighted by atomic mass is 79.9. The van der Waals surface area contributed by atoms with Crippen molar-refractivity contribution < 1.29 is 9.90 Å². The fraction of sp³-hybridized carbons (Fsp3) is 0.167. The third kappa shape index (κ3) is 5.51. The number of hydrogen-bond donors (Lipinski definition) is 3. The van der Waals surface area contributed by atoms with E-state index < -0.39 is 6.10 Å². The van der Waals surface area contributed by atoms with Crippen molar-refractivity contribution >= 4 is 49.6 Å². The molecule has 0 amide bonds. The maximum Gasteiger partial charge on any atom is 0.185 e. The second-order valence-electron chi connectivity index (χ2n) is 8.93. The number of ketones is 1. The van der Waals surface area contributed by atoms with E-state index in [1.807, 2.05) is 66.9 Å². The van der Waals surface area contributed by atoms with Crippen LogP contribution in [-0.4, -0.2) is 39.6 Å². The van der Waals surface area contributed by atoms with Crippen molar-refractivity contribution in [2.24, 2.45) is 0 Å². The summed E-state index contributed by atoms with van der Waals surface area (Å²) < 4.78 is 3.00. The largest absolute Gasteiger partial charge is 0.390 e. The van der Waals surface area contributed by atoms with Crippen LogP contribution in [0.1, 0.15) is 21.5 Å². The normalized spacial score (nSPS) is 12.6. The first-order valence-corrected chi connectivity index (χ1v) is 12.9. The highest BCUT2D eigenvalue weighted by Gasteiger charge is 2.11. The van der Waals surface area contributed by atoms with Crippen LogP contribution in [0.4, 0.5) is 0 Å². The molecule has 0 spiro atoms. The van der Waals surface area contributed by atoms with Gasteiger partial charge in [0.1, 0.15) is 0 Å². The molecule has 1 atom stereocenters. The molecule has 2 heterocycles. The maximum atomic E-state index is 12.6. The summed E-state index contributed by atoms with van der Waals surface area (Å²) in [6.45, 7) is 1.76. The van der Waals surface area contributed by atoms with Gasteiger partial charge in [-0.25, -0.2) is 0 Å². The van der Waals surface area contributed by atoms with E-state index in [9.17, 15) is 9.90 Å². The topological polar surface area (TPSA) is 70.1 Å². The number of carbonyl (C=O) groups excluding carboxylic acids is 1. The molecule has 3 aromatic carbocycles. The van der Waals surface area contributed by atoms with Crippen LogP contribution < -0.4 is 5.32 Å². The van der Waals surface area contributed by atoms with Gasteiger partial charge in [0.25, 0.3) is 0 Å². The van der Waals surface area contributed by atoms with Crippen LogP contribution in [0.2, 0.25) is 0 Å². The van der Waals surface area contributed by atoms with Crippen molar-refractivity contribution in [2.45, 2.75) is 19.1 Å². The zero-order valence-electron chi connectivity index (χ0n) is 19.8. The third-order valence-electron chi connectivity index (χ3n) is 6.40. The Bertz CT molecular complexity index is 1510. The van der Waals surface area contributed by atoms with Crippen LogP contribution in [0.25, 0.3) is 27.9 Å². The van der Waals surface area contributed by atoms with Crippen LogP contribution in [0.3, 0.4) is 0 Å². The molecule has 5 aromatic rings. The van der Waals surface area contributed by atoms with Crippen LogP contribution in [0.15, 0.2) is 95.7 Å². The number of halogens is 1. The minimum Gasteiger partial charge on any atom is -0.390 e. The molecule has 5 rings (SSSR count). The molecule has 0 radical (unpaired) electrons. The van der Waals surface area contributed by atoms with Crippen molar-refractivity contribution in [2.75, 3.05) is 13.1 Å². The van der Waals surface area contributed by atoms with Crippen molar-refractivity contribution in [1.29, 1.82) is 0 Å². The monoisotopic (exact) mass is 541 g/mol. The van der Waals surface area contributed by atoms with Crippen molar-refractivity contribution in [1.82, 2.24) is 14.9 Å². The number of nitrogens with one attached hydrogen (secondary N) is 2. The van der Waals surface area contributed by atoms with Gasteiger partial charge < -0.3 is 20.0 Å². The standard InChI is InChI=1S/C30H28BrN3O2/c31-24-12-9-21(10-13-24)30(36)14-11-23-19-34(29-8-4-2-6-27(23)29)20-25(35)18-32-16-15-22-17-33-28-7-3-1-5-26(22)28/h1-14,17,19,25,32-33,35H,15-16,18,20H2/b14-11+. The van der Waals surface area contributed by atoms with Crippen LogP contribution in [0, 0.1) is 0 Å². The molecule has 1 unspecified atom stereocenters. The molecule has 0 saturated heterocycles. The maximum absolute atomic E-state index is 12.6. The van der Waals surface area contributed by atoms with Gasteiger partial charge in [-0.05, 0) is 67.1 Å². The van der Waals surface area contributed by atoms with Gasteiger partial charge in [0.05, 0.1) is 6.10 Å². The molecular weight excluding hydrogens is 514 g/mol. The van der Waals surface area contributed by atoms with Gasteiger partial charge >= 0.3 is 0 Å². The number of allylic oxidation sites excluding steroid dienone is 1. The zero-order chi connectivity index (χ0) is 24.9. The first kappa shape index (κ1) is 24.3. The van der Waals surface area contributed by atoms with Gasteiger partial charge in [-0.1, -0.05) is 52.3 Å². The Hall–Kier alpha value is -3.45. The Kier molecular flexibility index (Phi) is 7.47. The fourth-order valence-corrected chi connectivity index (χ4v) is 4.82. The minimum atomic E-state index is -0.537. The molecule has 2 aromatic heterocycles. The van der Waals surface area contributed by atoms with Gasteiger partial charge in [-0.2, -0.15) is 0 Å². The second-order valence-corrected chi connectivity index (χ2v) is 9.84. The quantitative estimate of drug-likeness (QED) is 0.116. The predicted molar refractivity (Wildman–Crippen MR) is 150 cm³/mol. The van der Waals surface area contributed by atoms with Gasteiger partial charge in [0.15, 0.2) is 5.78 Å². The molecule has 36 heavy (non-hydrogen) atoms. The number of aromatic amines is 1. The zero-order valence-corrected chi connectivity index (χ0v) is 21.4. The van der Waals surface area contributed by atoms with Crippen molar-refractivity contribution in [3.8, 4) is 0 Å². The fourth-order valence-electron chi connectivity index (χ4n) is 4.56. The van der Waals surface area contributed by atoms with E-state index in [0.29, 0.717) is 18.7 Å². The van der Waals surface area contributed by atoms with E-state index in [2.05, 4.69) is 55.2 Å². The summed E-state index contributed by atoms with van der Waals surface area (Å²) in [4.78, 5) is 15.9. The average Bonchev–Trinajstić information content (AvgIpc) is 3.47. The molecule has 0 saturated carbocycles. The molecule has 0 fully saturated rings. The molecule has 0 aliphatic rings. The van der Waals surface area contributed by atoms with E-state index in [0.717, 1.165) is 39.4 Å². The number of aliphatic hydroxyl groups excluding tert-OH is 1. The number of benzene rings is 3. The Balaban J connectivity index is 1.21. The minimum absolute atomic E-state index is 0.0428. The van der Waals surface area contributed by atoms with Gasteiger partial charge in [-0.15, -0.1) is 0 Å². The number of aromatic nitrogens is 2. The number of nitrogens with zero attached hydrogens (tertiary/aromatic N) is 1. The van der Waals surface area contributed by atoms with E-state index in [1.165, 1.54) is 10.9 Å². The van der Waals surface area contributed by atoms with Gasteiger partial charge in [0, 0.05) is 62.9 Å². The SMILES string of the molecule is O=C(/C=C/c1cn(CC(O)CNCCc2c[nH]c3ccccc23)c2ccccc12)c1ccc(Br)cc1. The van der Waals surface area contributed by atoms with Crippen LogP contribution in [-0.2, 0) is 13.0 Å². The summed E-state index contributed by atoms with van der Waals surface area (Å²) in [7, 11) is 0. The van der Waals surface area contributed by atoms with Crippen LogP contribution in [0.5, 0.6) is 0 Å². The number of rotatable bonds is 10.